The Balaban J connectivity index is 2.49. The van der Waals surface area contributed by atoms with Crippen molar-refractivity contribution in [3.8, 4) is 0 Å². The summed E-state index contributed by atoms with van der Waals surface area (Å²) in [7, 11) is 0. The van der Waals surface area contributed by atoms with E-state index in [1.165, 1.54) is 32.1 Å². The normalized spacial score (nSPS) is 33.7. The first-order valence-electron chi connectivity index (χ1n) is 4.89. The molecule has 0 radical (unpaired) electrons. The zero-order valence-corrected chi connectivity index (χ0v) is 8.79. The Bertz CT molecular complexity index is 163. The minimum atomic E-state index is 0.0847. The molecule has 1 N–H and O–H groups in total. The molecule has 1 aliphatic rings. The van der Waals surface area contributed by atoms with Gasteiger partial charge < -0.3 is 5.41 Å². The second-order valence-corrected chi connectivity index (χ2v) is 5.27. The minimum Gasteiger partial charge on any atom is -0.310 e. The average molecular weight is 185 g/mol. The SMILES string of the molecule is CC1(S)CCCCCCC(=N)C1. The van der Waals surface area contributed by atoms with Gasteiger partial charge in [-0.05, 0) is 25.7 Å². The molecule has 70 valence electrons. The van der Waals surface area contributed by atoms with Gasteiger partial charge in [-0.2, -0.15) is 12.6 Å². The molecule has 1 unspecified atom stereocenters. The first kappa shape index (κ1) is 10.1. The van der Waals surface area contributed by atoms with Gasteiger partial charge in [-0.15, -0.1) is 0 Å². The highest BCUT2D eigenvalue weighted by Crippen LogP contribution is 2.28. The van der Waals surface area contributed by atoms with E-state index in [1.807, 2.05) is 0 Å². The fourth-order valence-corrected chi connectivity index (χ4v) is 2.18. The molecule has 0 aromatic carbocycles. The predicted octanol–water partition coefficient (Wildman–Crippen LogP) is 3.44. The van der Waals surface area contributed by atoms with Gasteiger partial charge in [0.25, 0.3) is 0 Å². The van der Waals surface area contributed by atoms with Crippen LogP contribution in [0.3, 0.4) is 0 Å². The molecular formula is C10H19NS. The van der Waals surface area contributed by atoms with E-state index in [4.69, 9.17) is 5.41 Å². The van der Waals surface area contributed by atoms with E-state index in [0.717, 1.165) is 18.6 Å². The van der Waals surface area contributed by atoms with E-state index >= 15 is 0 Å². The molecule has 1 atom stereocenters. The summed E-state index contributed by atoms with van der Waals surface area (Å²) in [5.74, 6) is 0. The van der Waals surface area contributed by atoms with Crippen LogP contribution in [0, 0.1) is 5.41 Å². The molecule has 1 aliphatic carbocycles. The van der Waals surface area contributed by atoms with Crippen molar-refractivity contribution in [3.63, 3.8) is 0 Å². The van der Waals surface area contributed by atoms with E-state index < -0.39 is 0 Å². The molecule has 0 aliphatic heterocycles. The largest absolute Gasteiger partial charge is 0.310 e. The van der Waals surface area contributed by atoms with E-state index in [9.17, 15) is 0 Å². The number of rotatable bonds is 0. The molecule has 0 amide bonds. The zero-order chi connectivity index (χ0) is 9.03. The molecule has 0 heterocycles. The maximum atomic E-state index is 7.73. The number of nitrogens with one attached hydrogen (secondary N) is 1. The molecule has 0 aromatic rings. The van der Waals surface area contributed by atoms with Crippen molar-refractivity contribution in [2.45, 2.75) is 56.6 Å². The summed E-state index contributed by atoms with van der Waals surface area (Å²) in [6.45, 7) is 2.16. The van der Waals surface area contributed by atoms with E-state index in [1.54, 1.807) is 0 Å². The van der Waals surface area contributed by atoms with Crippen molar-refractivity contribution in [2.24, 2.45) is 0 Å². The minimum absolute atomic E-state index is 0.0847. The molecule has 1 fully saturated rings. The van der Waals surface area contributed by atoms with Crippen LogP contribution >= 0.6 is 12.6 Å². The van der Waals surface area contributed by atoms with Crippen LogP contribution in [0.15, 0.2) is 0 Å². The summed E-state index contributed by atoms with van der Waals surface area (Å²) >= 11 is 4.60. The van der Waals surface area contributed by atoms with Gasteiger partial charge >= 0.3 is 0 Å². The van der Waals surface area contributed by atoms with Gasteiger partial charge in [0.15, 0.2) is 0 Å². The van der Waals surface area contributed by atoms with Crippen LogP contribution in [0.4, 0.5) is 0 Å². The lowest BCUT2D eigenvalue weighted by Crippen LogP contribution is -2.20. The van der Waals surface area contributed by atoms with Crippen LogP contribution in [-0.2, 0) is 0 Å². The maximum absolute atomic E-state index is 7.73. The highest BCUT2D eigenvalue weighted by Gasteiger charge is 2.21. The second kappa shape index (κ2) is 4.31. The Hall–Kier alpha value is 0.0200. The Kier molecular flexibility index (Phi) is 3.63. The molecule has 1 rings (SSSR count). The van der Waals surface area contributed by atoms with Crippen molar-refractivity contribution in [1.82, 2.24) is 0 Å². The Labute approximate surface area is 80.9 Å². The molecule has 0 bridgehead atoms. The summed E-state index contributed by atoms with van der Waals surface area (Å²) in [6.07, 6.45) is 8.16. The Morgan fingerprint density at radius 3 is 2.67 bits per heavy atom. The van der Waals surface area contributed by atoms with Crippen LogP contribution in [0.25, 0.3) is 0 Å². The van der Waals surface area contributed by atoms with Crippen molar-refractivity contribution in [1.29, 1.82) is 5.41 Å². The quantitative estimate of drug-likeness (QED) is 0.540. The zero-order valence-electron chi connectivity index (χ0n) is 7.90. The van der Waals surface area contributed by atoms with Crippen LogP contribution in [-0.4, -0.2) is 10.5 Å². The van der Waals surface area contributed by atoms with Crippen molar-refractivity contribution in [2.75, 3.05) is 0 Å². The third-order valence-electron chi connectivity index (χ3n) is 2.54. The molecule has 0 saturated heterocycles. The van der Waals surface area contributed by atoms with Gasteiger partial charge in [-0.1, -0.05) is 26.2 Å². The van der Waals surface area contributed by atoms with E-state index in [-0.39, 0.29) is 4.75 Å². The maximum Gasteiger partial charge on any atom is 0.0153 e. The Morgan fingerprint density at radius 1 is 1.25 bits per heavy atom. The fraction of sp³-hybridized carbons (Fsp3) is 0.900. The summed E-state index contributed by atoms with van der Waals surface area (Å²) in [5, 5.41) is 7.73. The Morgan fingerprint density at radius 2 is 1.92 bits per heavy atom. The molecule has 1 saturated carbocycles. The van der Waals surface area contributed by atoms with E-state index in [0.29, 0.717) is 0 Å². The molecule has 0 aromatic heterocycles. The molecule has 12 heavy (non-hydrogen) atoms. The average Bonchev–Trinajstić information content (AvgIpc) is 1.99. The summed E-state index contributed by atoms with van der Waals surface area (Å²) in [5.41, 5.74) is 0.898. The van der Waals surface area contributed by atoms with Gasteiger partial charge in [-0.3, -0.25) is 0 Å². The fourth-order valence-electron chi connectivity index (χ4n) is 1.83. The molecular weight excluding hydrogens is 166 g/mol. The number of hydrogen-bond donors (Lipinski definition) is 2. The lowest BCUT2D eigenvalue weighted by Gasteiger charge is -2.22. The van der Waals surface area contributed by atoms with Crippen molar-refractivity contribution >= 4 is 18.3 Å². The summed E-state index contributed by atoms with van der Waals surface area (Å²) in [6, 6.07) is 0. The van der Waals surface area contributed by atoms with E-state index in [2.05, 4.69) is 19.6 Å². The monoisotopic (exact) mass is 185 g/mol. The molecule has 1 nitrogen and oxygen atoms in total. The van der Waals surface area contributed by atoms with Gasteiger partial charge in [-0.25, -0.2) is 0 Å². The highest BCUT2D eigenvalue weighted by molar-refractivity contribution is 7.81. The second-order valence-electron chi connectivity index (χ2n) is 4.19. The first-order chi connectivity index (χ1) is 5.60. The third-order valence-corrected chi connectivity index (χ3v) is 2.92. The lowest BCUT2D eigenvalue weighted by molar-refractivity contribution is 0.555. The van der Waals surface area contributed by atoms with Crippen molar-refractivity contribution < 1.29 is 0 Å². The third kappa shape index (κ3) is 3.61. The van der Waals surface area contributed by atoms with Gasteiger partial charge in [0.05, 0.1) is 0 Å². The standard InChI is InChI=1S/C10H19NS/c1-10(12)7-5-3-2-4-6-9(11)8-10/h11-12H,2-8H2,1H3. The number of thiol groups is 1. The first-order valence-corrected chi connectivity index (χ1v) is 5.34. The smallest absolute Gasteiger partial charge is 0.0153 e. The highest BCUT2D eigenvalue weighted by atomic mass is 32.1. The molecule has 0 spiro atoms. The van der Waals surface area contributed by atoms with Crippen LogP contribution in [0.2, 0.25) is 0 Å². The van der Waals surface area contributed by atoms with Crippen molar-refractivity contribution in [3.05, 3.63) is 0 Å². The van der Waals surface area contributed by atoms with Crippen LogP contribution in [0.1, 0.15) is 51.9 Å². The van der Waals surface area contributed by atoms with Gasteiger partial charge in [0.1, 0.15) is 0 Å². The molecule has 2 heteroatoms. The number of hydrogen-bond acceptors (Lipinski definition) is 2. The predicted molar refractivity (Wildman–Crippen MR) is 57.4 cm³/mol. The van der Waals surface area contributed by atoms with Gasteiger partial charge in [0, 0.05) is 10.5 Å². The summed E-state index contributed by atoms with van der Waals surface area (Å²) in [4.78, 5) is 0. The summed E-state index contributed by atoms with van der Waals surface area (Å²) < 4.78 is 0.0847. The van der Waals surface area contributed by atoms with Gasteiger partial charge in [0.2, 0.25) is 0 Å². The lowest BCUT2D eigenvalue weighted by atomic mass is 9.97. The topological polar surface area (TPSA) is 23.9 Å². The van der Waals surface area contributed by atoms with Crippen LogP contribution < -0.4 is 0 Å². The van der Waals surface area contributed by atoms with Crippen LogP contribution in [0.5, 0.6) is 0 Å².